The lowest BCUT2D eigenvalue weighted by atomic mass is 9.93. The molecule has 1 aliphatic heterocycles. The molecule has 3 aromatic rings. The second kappa shape index (κ2) is 9.29. The molecule has 1 aromatic carbocycles. The number of likely N-dealkylation sites (tertiary alicyclic amines) is 1. The smallest absolute Gasteiger partial charge is 0.227 e. The zero-order valence-corrected chi connectivity index (χ0v) is 18.5. The van der Waals surface area contributed by atoms with Crippen LogP contribution in [0.2, 0.25) is 0 Å². The largest absolute Gasteiger partial charge is 0.354 e. The van der Waals surface area contributed by atoms with E-state index in [1.165, 1.54) is 12.1 Å². The number of pyridine rings is 1. The van der Waals surface area contributed by atoms with Crippen LogP contribution >= 0.6 is 0 Å². The Morgan fingerprint density at radius 2 is 1.94 bits per heavy atom. The van der Waals surface area contributed by atoms with Gasteiger partial charge in [0.15, 0.2) is 5.65 Å². The van der Waals surface area contributed by atoms with E-state index in [1.54, 1.807) is 18.3 Å². The Hall–Kier alpha value is -3.29. The molecule has 2 amide bonds. The number of benzene rings is 1. The molecule has 0 bridgehead atoms. The summed E-state index contributed by atoms with van der Waals surface area (Å²) in [5.74, 6) is 0.198. The molecule has 2 aromatic heterocycles. The summed E-state index contributed by atoms with van der Waals surface area (Å²) in [6.07, 6.45) is 5.86. The van der Waals surface area contributed by atoms with Crippen molar-refractivity contribution in [2.24, 2.45) is 5.92 Å². The standard InChI is InChI=1S/C25H28FN5O2/c26-20-9-5-17(6-10-20)15-22(32)30-13-2-3-19(16-30)23-21-4-1-11-27-24(21)31(29-23)14-12-28-25(33)18-7-8-18/h1,4-6,9-11,18-19H,2-3,7-8,12-16H2,(H,28,33). The molecular formula is C25H28FN5O2. The molecule has 1 atom stereocenters. The average Bonchev–Trinajstić information content (AvgIpc) is 3.63. The van der Waals surface area contributed by atoms with Crippen LogP contribution in [0.15, 0.2) is 42.6 Å². The van der Waals surface area contributed by atoms with Crippen molar-refractivity contribution in [2.75, 3.05) is 19.6 Å². The fraction of sp³-hybridized carbons (Fsp3) is 0.440. The van der Waals surface area contributed by atoms with Gasteiger partial charge in [0, 0.05) is 43.1 Å². The molecular weight excluding hydrogens is 421 g/mol. The summed E-state index contributed by atoms with van der Waals surface area (Å²) in [6.45, 7) is 2.42. The van der Waals surface area contributed by atoms with Crippen LogP contribution in [0, 0.1) is 11.7 Å². The van der Waals surface area contributed by atoms with Gasteiger partial charge in [0.25, 0.3) is 0 Å². The SMILES string of the molecule is O=C(NCCn1nc(C2CCCN(C(=O)Cc3ccc(F)cc3)C2)c2cccnc21)C1CC1. The van der Waals surface area contributed by atoms with E-state index >= 15 is 0 Å². The topological polar surface area (TPSA) is 80.1 Å². The van der Waals surface area contributed by atoms with Crippen molar-refractivity contribution in [1.82, 2.24) is 25.0 Å². The minimum Gasteiger partial charge on any atom is -0.354 e. The van der Waals surface area contributed by atoms with Crippen LogP contribution in [0.25, 0.3) is 11.0 Å². The summed E-state index contributed by atoms with van der Waals surface area (Å²) in [5, 5.41) is 8.88. The lowest BCUT2D eigenvalue weighted by molar-refractivity contribution is -0.131. The monoisotopic (exact) mass is 449 g/mol. The van der Waals surface area contributed by atoms with Crippen molar-refractivity contribution in [1.29, 1.82) is 0 Å². The molecule has 1 saturated heterocycles. The molecule has 5 rings (SSSR count). The molecule has 7 nitrogen and oxygen atoms in total. The van der Waals surface area contributed by atoms with Crippen molar-refractivity contribution < 1.29 is 14.0 Å². The minimum atomic E-state index is -0.299. The maximum absolute atomic E-state index is 13.2. The lowest BCUT2D eigenvalue weighted by Crippen LogP contribution is -2.40. The van der Waals surface area contributed by atoms with Gasteiger partial charge in [0.05, 0.1) is 18.7 Å². The molecule has 0 radical (unpaired) electrons. The number of nitrogens with one attached hydrogen (secondary N) is 1. The number of fused-ring (bicyclic) bond motifs is 1. The predicted molar refractivity (Wildman–Crippen MR) is 122 cm³/mol. The summed E-state index contributed by atoms with van der Waals surface area (Å²) < 4.78 is 15.0. The fourth-order valence-electron chi connectivity index (χ4n) is 4.58. The zero-order valence-electron chi connectivity index (χ0n) is 18.5. The van der Waals surface area contributed by atoms with Gasteiger partial charge in [-0.2, -0.15) is 5.10 Å². The maximum Gasteiger partial charge on any atom is 0.227 e. The summed E-state index contributed by atoms with van der Waals surface area (Å²) in [6, 6.07) is 10.0. The van der Waals surface area contributed by atoms with Crippen molar-refractivity contribution in [2.45, 2.75) is 44.6 Å². The highest BCUT2D eigenvalue weighted by molar-refractivity contribution is 5.81. The molecule has 3 heterocycles. The zero-order chi connectivity index (χ0) is 22.8. The van der Waals surface area contributed by atoms with Crippen LogP contribution < -0.4 is 5.32 Å². The third-order valence-electron chi connectivity index (χ3n) is 6.54. The van der Waals surface area contributed by atoms with Gasteiger partial charge in [-0.3, -0.25) is 9.59 Å². The van der Waals surface area contributed by atoms with E-state index in [0.717, 1.165) is 54.5 Å². The lowest BCUT2D eigenvalue weighted by Gasteiger charge is -2.32. The first-order chi connectivity index (χ1) is 16.1. The number of carbonyl (C=O) groups is 2. The van der Waals surface area contributed by atoms with Gasteiger partial charge in [-0.25, -0.2) is 14.1 Å². The van der Waals surface area contributed by atoms with Crippen LogP contribution in [-0.4, -0.2) is 51.1 Å². The van der Waals surface area contributed by atoms with E-state index in [9.17, 15) is 14.0 Å². The summed E-state index contributed by atoms with van der Waals surface area (Å²) >= 11 is 0. The van der Waals surface area contributed by atoms with E-state index in [1.807, 2.05) is 21.7 Å². The van der Waals surface area contributed by atoms with E-state index in [0.29, 0.717) is 19.6 Å². The van der Waals surface area contributed by atoms with Crippen molar-refractivity contribution in [3.8, 4) is 0 Å². The number of carbonyl (C=O) groups excluding carboxylic acids is 2. The van der Waals surface area contributed by atoms with Gasteiger partial charge < -0.3 is 10.2 Å². The van der Waals surface area contributed by atoms with Gasteiger partial charge >= 0.3 is 0 Å². The van der Waals surface area contributed by atoms with Crippen LogP contribution in [0.4, 0.5) is 4.39 Å². The highest BCUT2D eigenvalue weighted by atomic mass is 19.1. The first-order valence-corrected chi connectivity index (χ1v) is 11.7. The van der Waals surface area contributed by atoms with Crippen LogP contribution in [0.1, 0.15) is 42.9 Å². The Bertz CT molecular complexity index is 1160. The Morgan fingerprint density at radius 1 is 1.12 bits per heavy atom. The molecule has 172 valence electrons. The Morgan fingerprint density at radius 3 is 2.73 bits per heavy atom. The van der Waals surface area contributed by atoms with E-state index in [2.05, 4.69) is 10.3 Å². The van der Waals surface area contributed by atoms with E-state index in [-0.39, 0.29) is 35.9 Å². The average molecular weight is 450 g/mol. The number of halogens is 1. The number of amides is 2. The first-order valence-electron chi connectivity index (χ1n) is 11.7. The van der Waals surface area contributed by atoms with E-state index < -0.39 is 0 Å². The van der Waals surface area contributed by atoms with Crippen LogP contribution in [-0.2, 0) is 22.6 Å². The van der Waals surface area contributed by atoms with Gasteiger partial charge in [-0.1, -0.05) is 12.1 Å². The molecule has 1 N–H and O–H groups in total. The molecule has 1 saturated carbocycles. The second-order valence-corrected chi connectivity index (χ2v) is 9.03. The molecule has 2 fully saturated rings. The van der Waals surface area contributed by atoms with Gasteiger partial charge in [-0.15, -0.1) is 0 Å². The van der Waals surface area contributed by atoms with Crippen molar-refractivity contribution in [3.63, 3.8) is 0 Å². The maximum atomic E-state index is 13.2. The molecule has 1 aliphatic carbocycles. The second-order valence-electron chi connectivity index (χ2n) is 9.03. The number of hydrogen-bond acceptors (Lipinski definition) is 4. The van der Waals surface area contributed by atoms with E-state index in [4.69, 9.17) is 5.10 Å². The number of piperidine rings is 1. The molecule has 0 spiro atoms. The quantitative estimate of drug-likeness (QED) is 0.601. The van der Waals surface area contributed by atoms with Gasteiger partial charge in [0.2, 0.25) is 11.8 Å². The Kier molecular flexibility index (Phi) is 6.07. The molecule has 2 aliphatic rings. The van der Waals surface area contributed by atoms with Crippen LogP contribution in [0.3, 0.4) is 0 Å². The summed E-state index contributed by atoms with van der Waals surface area (Å²) in [5.41, 5.74) is 2.59. The number of aromatic nitrogens is 3. The Labute approximate surface area is 192 Å². The first kappa shape index (κ1) is 21.6. The minimum absolute atomic E-state index is 0.0518. The Balaban J connectivity index is 1.29. The number of rotatable bonds is 7. The molecule has 1 unspecified atom stereocenters. The normalized spacial score (nSPS) is 18.5. The predicted octanol–water partition coefficient (Wildman–Crippen LogP) is 3.05. The third-order valence-corrected chi connectivity index (χ3v) is 6.54. The fourth-order valence-corrected chi connectivity index (χ4v) is 4.58. The van der Waals surface area contributed by atoms with Crippen molar-refractivity contribution in [3.05, 3.63) is 59.7 Å². The highest BCUT2D eigenvalue weighted by Gasteiger charge is 2.30. The number of hydrogen-bond donors (Lipinski definition) is 1. The molecule has 33 heavy (non-hydrogen) atoms. The summed E-state index contributed by atoms with van der Waals surface area (Å²) in [4.78, 5) is 31.3. The third kappa shape index (κ3) is 4.89. The summed E-state index contributed by atoms with van der Waals surface area (Å²) in [7, 11) is 0. The highest BCUT2D eigenvalue weighted by Crippen LogP contribution is 2.31. The van der Waals surface area contributed by atoms with Crippen molar-refractivity contribution >= 4 is 22.8 Å². The van der Waals surface area contributed by atoms with Crippen LogP contribution in [0.5, 0.6) is 0 Å². The van der Waals surface area contributed by atoms with Gasteiger partial charge in [0.1, 0.15) is 5.82 Å². The number of nitrogens with zero attached hydrogens (tertiary/aromatic N) is 4. The van der Waals surface area contributed by atoms with Gasteiger partial charge in [-0.05, 0) is 55.5 Å². The molecule has 8 heteroatoms.